The van der Waals surface area contributed by atoms with E-state index in [0.717, 1.165) is 77.0 Å². The lowest BCUT2D eigenvalue weighted by Gasteiger charge is -2.20. The SMILES string of the molecule is CC/C=C\C/C=C\C/C=C\C/C=C\C/C=C\CCCCCC(=O)OC(COC(=O)CCCCCCC)COP(=O)(O)OCC(N)C(=O)O. The summed E-state index contributed by atoms with van der Waals surface area (Å²) in [6.45, 7) is 2.50. The molecule has 0 heterocycles. The van der Waals surface area contributed by atoms with E-state index in [1.807, 2.05) is 0 Å². The molecule has 4 N–H and O–H groups in total. The van der Waals surface area contributed by atoms with Crippen molar-refractivity contribution in [2.24, 2.45) is 5.73 Å². The Labute approximate surface area is 287 Å². The largest absolute Gasteiger partial charge is 0.480 e. The Balaban J connectivity index is 4.44. The second-order valence-corrected chi connectivity index (χ2v) is 12.7. The van der Waals surface area contributed by atoms with Crippen LogP contribution < -0.4 is 5.73 Å². The third kappa shape index (κ3) is 30.5. The summed E-state index contributed by atoms with van der Waals surface area (Å²) in [6, 6.07) is -1.53. The number of rotatable bonds is 31. The number of hydrogen-bond donors (Lipinski definition) is 3. The summed E-state index contributed by atoms with van der Waals surface area (Å²) in [5, 5.41) is 8.81. The average molecular weight is 698 g/mol. The van der Waals surface area contributed by atoms with Crippen molar-refractivity contribution in [2.45, 2.75) is 129 Å². The van der Waals surface area contributed by atoms with E-state index in [0.29, 0.717) is 12.8 Å². The average Bonchev–Trinajstić information content (AvgIpc) is 3.05. The van der Waals surface area contributed by atoms with Crippen LogP contribution in [0.1, 0.15) is 117 Å². The minimum atomic E-state index is -4.71. The number of aliphatic carboxylic acids is 1. The van der Waals surface area contributed by atoms with E-state index in [-0.39, 0.29) is 19.4 Å². The Morgan fingerprint density at radius 3 is 1.73 bits per heavy atom. The van der Waals surface area contributed by atoms with Crippen molar-refractivity contribution >= 4 is 25.7 Å². The highest BCUT2D eigenvalue weighted by Crippen LogP contribution is 2.43. The van der Waals surface area contributed by atoms with E-state index in [2.05, 4.69) is 79.1 Å². The normalized spacial score (nSPS) is 14.8. The van der Waals surface area contributed by atoms with Gasteiger partial charge in [-0.1, -0.05) is 107 Å². The van der Waals surface area contributed by atoms with Crippen molar-refractivity contribution in [3.05, 3.63) is 60.8 Å². The van der Waals surface area contributed by atoms with Gasteiger partial charge >= 0.3 is 25.7 Å². The van der Waals surface area contributed by atoms with Gasteiger partial charge in [-0.05, 0) is 57.8 Å². The molecule has 0 aromatic carbocycles. The van der Waals surface area contributed by atoms with Gasteiger partial charge in [0.1, 0.15) is 12.6 Å². The van der Waals surface area contributed by atoms with Gasteiger partial charge in [-0.15, -0.1) is 0 Å². The van der Waals surface area contributed by atoms with Gasteiger partial charge < -0.3 is 25.2 Å². The first-order valence-corrected chi connectivity index (χ1v) is 18.8. The number of carbonyl (C=O) groups excluding carboxylic acids is 2. The lowest BCUT2D eigenvalue weighted by atomic mass is 10.1. The Morgan fingerprint density at radius 1 is 0.667 bits per heavy atom. The molecule has 0 amide bonds. The number of carbonyl (C=O) groups is 3. The molecule has 12 heteroatoms. The fraction of sp³-hybridized carbons (Fsp3) is 0.639. The summed E-state index contributed by atoms with van der Waals surface area (Å²) in [6.07, 6.45) is 33.5. The molecule has 48 heavy (non-hydrogen) atoms. The topological polar surface area (TPSA) is 172 Å². The number of carboxylic acid groups (broad SMARTS) is 1. The predicted molar refractivity (Wildman–Crippen MR) is 189 cm³/mol. The second-order valence-electron chi connectivity index (χ2n) is 11.3. The van der Waals surface area contributed by atoms with Crippen LogP contribution in [-0.2, 0) is 37.5 Å². The van der Waals surface area contributed by atoms with Gasteiger partial charge in [0.25, 0.3) is 0 Å². The van der Waals surface area contributed by atoms with Crippen LogP contribution in [0.25, 0.3) is 0 Å². The van der Waals surface area contributed by atoms with E-state index < -0.39 is 51.1 Å². The molecule has 3 atom stereocenters. The number of ether oxygens (including phenoxy) is 2. The number of carboxylic acids is 1. The summed E-state index contributed by atoms with van der Waals surface area (Å²) in [4.78, 5) is 45.3. The molecular formula is C36H60NO10P. The van der Waals surface area contributed by atoms with E-state index in [1.165, 1.54) is 0 Å². The first-order chi connectivity index (χ1) is 23.1. The molecular weight excluding hydrogens is 637 g/mol. The second kappa shape index (κ2) is 31.4. The monoisotopic (exact) mass is 697 g/mol. The molecule has 0 aliphatic carbocycles. The number of nitrogens with two attached hydrogens (primary N) is 1. The van der Waals surface area contributed by atoms with Crippen LogP contribution >= 0.6 is 7.82 Å². The van der Waals surface area contributed by atoms with Gasteiger partial charge in [0.15, 0.2) is 6.10 Å². The van der Waals surface area contributed by atoms with Gasteiger partial charge in [0.2, 0.25) is 0 Å². The van der Waals surface area contributed by atoms with E-state index >= 15 is 0 Å². The van der Waals surface area contributed by atoms with Crippen LogP contribution in [0.2, 0.25) is 0 Å². The summed E-state index contributed by atoms with van der Waals surface area (Å²) < 4.78 is 32.2. The Kier molecular flexibility index (Phi) is 29.6. The first kappa shape index (κ1) is 45.2. The van der Waals surface area contributed by atoms with Crippen LogP contribution in [0.15, 0.2) is 60.8 Å². The Bertz CT molecular complexity index is 1050. The molecule has 11 nitrogen and oxygen atoms in total. The van der Waals surface area contributed by atoms with Crippen molar-refractivity contribution in [2.75, 3.05) is 19.8 Å². The minimum Gasteiger partial charge on any atom is -0.480 e. The van der Waals surface area contributed by atoms with E-state index in [9.17, 15) is 23.8 Å². The summed E-state index contributed by atoms with van der Waals surface area (Å²) in [5.41, 5.74) is 5.28. The molecule has 0 saturated heterocycles. The van der Waals surface area contributed by atoms with Crippen LogP contribution in [0.5, 0.6) is 0 Å². The molecule has 0 aliphatic heterocycles. The molecule has 0 aliphatic rings. The fourth-order valence-electron chi connectivity index (χ4n) is 4.03. The molecule has 0 spiro atoms. The Morgan fingerprint density at radius 2 is 1.17 bits per heavy atom. The third-order valence-corrected chi connectivity index (χ3v) is 7.73. The van der Waals surface area contributed by atoms with Crippen molar-refractivity contribution in [3.63, 3.8) is 0 Å². The fourth-order valence-corrected chi connectivity index (χ4v) is 4.81. The number of esters is 2. The minimum absolute atomic E-state index is 0.119. The van der Waals surface area contributed by atoms with Gasteiger partial charge in [-0.2, -0.15) is 0 Å². The van der Waals surface area contributed by atoms with Gasteiger partial charge in [-0.25, -0.2) is 4.57 Å². The summed E-state index contributed by atoms with van der Waals surface area (Å²) in [5.74, 6) is -2.45. The van der Waals surface area contributed by atoms with Gasteiger partial charge in [0, 0.05) is 12.8 Å². The Hall–Kier alpha value is -2.82. The number of unbranched alkanes of at least 4 members (excludes halogenated alkanes) is 7. The first-order valence-electron chi connectivity index (χ1n) is 17.3. The molecule has 0 bridgehead atoms. The molecule has 0 radical (unpaired) electrons. The van der Waals surface area contributed by atoms with E-state index in [1.54, 1.807) is 0 Å². The predicted octanol–water partition coefficient (Wildman–Crippen LogP) is 8.05. The molecule has 0 aromatic rings. The van der Waals surface area contributed by atoms with Gasteiger partial charge in [0.05, 0.1) is 13.2 Å². The number of phosphoric acid groups is 1. The van der Waals surface area contributed by atoms with Crippen LogP contribution in [0.4, 0.5) is 0 Å². The maximum Gasteiger partial charge on any atom is 0.472 e. The lowest BCUT2D eigenvalue weighted by Crippen LogP contribution is -2.34. The highest BCUT2D eigenvalue weighted by Gasteiger charge is 2.28. The molecule has 0 rings (SSSR count). The quantitative estimate of drug-likeness (QED) is 0.0277. The maximum absolute atomic E-state index is 12.5. The van der Waals surface area contributed by atoms with E-state index in [4.69, 9.17) is 24.8 Å². The zero-order valence-corrected chi connectivity index (χ0v) is 29.9. The van der Waals surface area contributed by atoms with Crippen LogP contribution in [0.3, 0.4) is 0 Å². The maximum atomic E-state index is 12.5. The van der Waals surface area contributed by atoms with Crippen LogP contribution in [0, 0.1) is 0 Å². The molecule has 0 saturated carbocycles. The van der Waals surface area contributed by atoms with Crippen LogP contribution in [-0.4, -0.2) is 59.9 Å². The van der Waals surface area contributed by atoms with Crippen molar-refractivity contribution < 1.29 is 47.5 Å². The highest BCUT2D eigenvalue weighted by atomic mass is 31.2. The lowest BCUT2D eigenvalue weighted by molar-refractivity contribution is -0.161. The molecule has 3 unspecified atom stereocenters. The van der Waals surface area contributed by atoms with Gasteiger partial charge in [-0.3, -0.25) is 23.4 Å². The zero-order chi connectivity index (χ0) is 35.7. The summed E-state index contributed by atoms with van der Waals surface area (Å²) in [7, 11) is -4.71. The van der Waals surface area contributed by atoms with Crippen molar-refractivity contribution in [1.82, 2.24) is 0 Å². The molecule has 0 aromatic heterocycles. The smallest absolute Gasteiger partial charge is 0.472 e. The van der Waals surface area contributed by atoms with Crippen molar-refractivity contribution in [3.8, 4) is 0 Å². The number of phosphoric ester groups is 1. The third-order valence-electron chi connectivity index (χ3n) is 6.78. The molecule has 0 fully saturated rings. The summed E-state index contributed by atoms with van der Waals surface area (Å²) >= 11 is 0. The number of hydrogen-bond acceptors (Lipinski definition) is 9. The number of allylic oxidation sites excluding steroid dienone is 10. The molecule has 274 valence electrons. The highest BCUT2D eigenvalue weighted by molar-refractivity contribution is 7.47. The zero-order valence-electron chi connectivity index (χ0n) is 29.0. The van der Waals surface area contributed by atoms with Crippen molar-refractivity contribution in [1.29, 1.82) is 0 Å². The standard InChI is InChI=1S/C36H60NO10P/c1-3-5-7-9-10-11-12-13-14-15-16-17-18-19-20-21-22-24-26-28-35(39)47-32(29-44-34(38)27-25-23-8-6-4-2)30-45-48(42,43)46-31-33(37)36(40)41/h5,7,10-11,13-14,16-17,19-20,32-33H,3-4,6,8-9,12,15,18,21-31,37H2,1-2H3,(H,40,41)(H,42,43)/b7-5-,11-10-,14-13-,17-16-,20-19-.